The Morgan fingerprint density at radius 1 is 1.57 bits per heavy atom. The maximum atomic E-state index is 13.0. The molecule has 0 heterocycles. The zero-order valence-electron chi connectivity index (χ0n) is 7.97. The van der Waals surface area contributed by atoms with Gasteiger partial charge in [0.15, 0.2) is 0 Å². The van der Waals surface area contributed by atoms with E-state index in [0.717, 1.165) is 11.3 Å². The third-order valence-electron chi connectivity index (χ3n) is 1.86. The summed E-state index contributed by atoms with van der Waals surface area (Å²) in [5.74, 6) is 0.505. The number of benzene rings is 1. The summed E-state index contributed by atoms with van der Waals surface area (Å²) < 4.78 is 13.0. The highest BCUT2D eigenvalue weighted by Gasteiger charge is 2.05. The van der Waals surface area contributed by atoms with E-state index in [9.17, 15) is 4.39 Å². The first kappa shape index (κ1) is 11.8. The summed E-state index contributed by atoms with van der Waals surface area (Å²) in [6.45, 7) is 0. The normalized spacial score (nSPS) is 12.9. The number of nitrogens with two attached hydrogens (primary N) is 1. The van der Waals surface area contributed by atoms with E-state index >= 15 is 0 Å². The summed E-state index contributed by atoms with van der Waals surface area (Å²) in [4.78, 5) is 0. The van der Waals surface area contributed by atoms with Crippen LogP contribution in [-0.4, -0.2) is 18.1 Å². The minimum Gasteiger partial charge on any atom is -0.327 e. The van der Waals surface area contributed by atoms with E-state index < -0.39 is 0 Å². The second kappa shape index (κ2) is 5.59. The predicted octanol–water partition coefficient (Wildman–Crippen LogP) is 2.71. The lowest BCUT2D eigenvalue weighted by Gasteiger charge is -2.09. The molecule has 0 bridgehead atoms. The van der Waals surface area contributed by atoms with Crippen LogP contribution in [0.3, 0.4) is 0 Å². The molecule has 2 N–H and O–H groups in total. The van der Waals surface area contributed by atoms with Crippen LogP contribution in [0, 0.1) is 5.82 Å². The van der Waals surface area contributed by atoms with Gasteiger partial charge in [-0.05, 0) is 30.4 Å². The number of hydrogen-bond acceptors (Lipinski definition) is 2. The molecular formula is C10H13ClFNS. The van der Waals surface area contributed by atoms with Crippen LogP contribution >= 0.6 is 23.4 Å². The van der Waals surface area contributed by atoms with Gasteiger partial charge >= 0.3 is 0 Å². The fourth-order valence-electron chi connectivity index (χ4n) is 1.24. The van der Waals surface area contributed by atoms with Crippen molar-refractivity contribution in [3.63, 3.8) is 0 Å². The highest BCUT2D eigenvalue weighted by molar-refractivity contribution is 7.98. The van der Waals surface area contributed by atoms with Crippen LogP contribution in [0.4, 0.5) is 4.39 Å². The van der Waals surface area contributed by atoms with E-state index in [4.69, 9.17) is 17.3 Å². The van der Waals surface area contributed by atoms with Gasteiger partial charge in [-0.25, -0.2) is 4.39 Å². The van der Waals surface area contributed by atoms with Crippen molar-refractivity contribution in [3.05, 3.63) is 34.6 Å². The van der Waals surface area contributed by atoms with E-state index in [0.29, 0.717) is 6.42 Å². The third-order valence-corrected chi connectivity index (χ3v) is 2.93. The maximum Gasteiger partial charge on any atom is 0.142 e. The summed E-state index contributed by atoms with van der Waals surface area (Å²) in [6.07, 6.45) is 2.69. The van der Waals surface area contributed by atoms with Gasteiger partial charge in [-0.2, -0.15) is 11.8 Å². The van der Waals surface area contributed by atoms with Crippen LogP contribution in [0.1, 0.15) is 5.56 Å². The van der Waals surface area contributed by atoms with Crippen LogP contribution in [0.15, 0.2) is 18.2 Å². The average molecular weight is 234 g/mol. The van der Waals surface area contributed by atoms with Crippen molar-refractivity contribution in [2.45, 2.75) is 12.5 Å². The Hall–Kier alpha value is -0.250. The first-order valence-electron chi connectivity index (χ1n) is 4.32. The summed E-state index contributed by atoms with van der Waals surface area (Å²) in [7, 11) is 0. The van der Waals surface area contributed by atoms with Gasteiger partial charge in [0, 0.05) is 11.8 Å². The van der Waals surface area contributed by atoms with Gasteiger partial charge in [-0.15, -0.1) is 0 Å². The van der Waals surface area contributed by atoms with Crippen molar-refractivity contribution in [3.8, 4) is 0 Å². The quantitative estimate of drug-likeness (QED) is 0.866. The summed E-state index contributed by atoms with van der Waals surface area (Å²) in [5.41, 5.74) is 6.72. The second-order valence-corrected chi connectivity index (χ2v) is 4.49. The molecule has 0 saturated carbocycles. The minimum atomic E-state index is -0.375. The van der Waals surface area contributed by atoms with Crippen molar-refractivity contribution >= 4 is 23.4 Å². The molecule has 1 aromatic carbocycles. The highest BCUT2D eigenvalue weighted by Crippen LogP contribution is 2.16. The van der Waals surface area contributed by atoms with E-state index in [1.165, 1.54) is 6.07 Å². The molecule has 78 valence electrons. The molecule has 0 saturated heterocycles. The standard InChI is InChI=1S/C10H13ClFNS/c1-14-6-8(13)4-7-2-3-9(11)10(12)5-7/h2-3,5,8H,4,6,13H2,1H3. The number of rotatable bonds is 4. The van der Waals surface area contributed by atoms with Crippen LogP contribution in [-0.2, 0) is 6.42 Å². The second-order valence-electron chi connectivity index (χ2n) is 3.17. The maximum absolute atomic E-state index is 13.0. The molecule has 14 heavy (non-hydrogen) atoms. The van der Waals surface area contributed by atoms with E-state index in [-0.39, 0.29) is 16.9 Å². The first-order chi connectivity index (χ1) is 6.63. The Morgan fingerprint density at radius 3 is 2.86 bits per heavy atom. The lowest BCUT2D eigenvalue weighted by molar-refractivity contribution is 0.623. The Balaban J connectivity index is 2.63. The number of thioether (sulfide) groups is 1. The van der Waals surface area contributed by atoms with Crippen molar-refractivity contribution < 1.29 is 4.39 Å². The molecule has 1 rings (SSSR count). The third kappa shape index (κ3) is 3.48. The fraction of sp³-hybridized carbons (Fsp3) is 0.400. The molecule has 0 aliphatic carbocycles. The van der Waals surface area contributed by atoms with Crippen molar-refractivity contribution in [1.82, 2.24) is 0 Å². The summed E-state index contributed by atoms with van der Waals surface area (Å²) in [5, 5.41) is 0.159. The lowest BCUT2D eigenvalue weighted by atomic mass is 10.1. The lowest BCUT2D eigenvalue weighted by Crippen LogP contribution is -2.25. The van der Waals surface area contributed by atoms with Crippen LogP contribution in [0.5, 0.6) is 0 Å². The molecule has 1 aromatic rings. The van der Waals surface area contributed by atoms with Crippen LogP contribution in [0.25, 0.3) is 0 Å². The zero-order valence-corrected chi connectivity index (χ0v) is 9.54. The van der Waals surface area contributed by atoms with Gasteiger partial charge < -0.3 is 5.73 Å². The number of halogens is 2. The van der Waals surface area contributed by atoms with Crippen molar-refractivity contribution in [2.24, 2.45) is 5.73 Å². The fourth-order valence-corrected chi connectivity index (χ4v) is 1.91. The van der Waals surface area contributed by atoms with Crippen LogP contribution < -0.4 is 5.73 Å². The molecule has 0 spiro atoms. The Morgan fingerprint density at radius 2 is 2.29 bits per heavy atom. The molecule has 0 aromatic heterocycles. The van der Waals surface area contributed by atoms with Crippen molar-refractivity contribution in [1.29, 1.82) is 0 Å². The minimum absolute atomic E-state index is 0.0746. The van der Waals surface area contributed by atoms with Crippen LogP contribution in [0.2, 0.25) is 5.02 Å². The Kier molecular flexibility index (Phi) is 4.72. The van der Waals surface area contributed by atoms with Gasteiger partial charge in [-0.3, -0.25) is 0 Å². The molecule has 0 amide bonds. The van der Waals surface area contributed by atoms with Gasteiger partial charge in [0.25, 0.3) is 0 Å². The molecular weight excluding hydrogens is 221 g/mol. The SMILES string of the molecule is CSCC(N)Cc1ccc(Cl)c(F)c1. The smallest absolute Gasteiger partial charge is 0.142 e. The van der Waals surface area contributed by atoms with E-state index in [2.05, 4.69) is 0 Å². The van der Waals surface area contributed by atoms with Gasteiger partial charge in [0.1, 0.15) is 5.82 Å². The first-order valence-corrected chi connectivity index (χ1v) is 6.09. The summed E-state index contributed by atoms with van der Waals surface area (Å²) >= 11 is 7.26. The Bertz CT molecular complexity index is 306. The van der Waals surface area contributed by atoms with Gasteiger partial charge in [0.05, 0.1) is 5.02 Å². The molecule has 1 nitrogen and oxygen atoms in total. The molecule has 4 heteroatoms. The average Bonchev–Trinajstić information content (AvgIpc) is 2.12. The molecule has 0 aliphatic rings. The topological polar surface area (TPSA) is 26.0 Å². The van der Waals surface area contributed by atoms with Crippen molar-refractivity contribution in [2.75, 3.05) is 12.0 Å². The van der Waals surface area contributed by atoms with E-state index in [1.54, 1.807) is 17.8 Å². The van der Waals surface area contributed by atoms with E-state index in [1.807, 2.05) is 12.3 Å². The zero-order chi connectivity index (χ0) is 10.6. The molecule has 1 unspecified atom stereocenters. The van der Waals surface area contributed by atoms with Gasteiger partial charge in [-0.1, -0.05) is 17.7 Å². The predicted molar refractivity (Wildman–Crippen MR) is 61.5 cm³/mol. The molecule has 1 atom stereocenters. The van der Waals surface area contributed by atoms with Gasteiger partial charge in [0.2, 0.25) is 0 Å². The molecule has 0 aliphatic heterocycles. The monoisotopic (exact) mass is 233 g/mol. The summed E-state index contributed by atoms with van der Waals surface area (Å²) in [6, 6.07) is 4.90. The number of hydrogen-bond donors (Lipinski definition) is 1. The largest absolute Gasteiger partial charge is 0.327 e. The molecule has 0 fully saturated rings. The molecule has 0 radical (unpaired) electrons. The highest BCUT2D eigenvalue weighted by atomic mass is 35.5. The Labute approximate surface area is 92.8 Å².